The van der Waals surface area contributed by atoms with Crippen LogP contribution in [0.5, 0.6) is 0 Å². The van der Waals surface area contributed by atoms with Gasteiger partial charge >= 0.3 is 0 Å². The Morgan fingerprint density at radius 1 is 1.21 bits per heavy atom. The van der Waals surface area contributed by atoms with E-state index >= 15 is 0 Å². The molecule has 7 heteroatoms. The average molecular weight is 372 g/mol. The van der Waals surface area contributed by atoms with Crippen molar-refractivity contribution in [3.05, 3.63) is 43.0 Å². The normalized spacial score (nSPS) is 18.5. The Kier molecular flexibility index (Phi) is 3.58. The lowest BCUT2D eigenvalue weighted by molar-refractivity contribution is -0.117. The van der Waals surface area contributed by atoms with Crippen LogP contribution < -0.4 is 11.1 Å². The highest BCUT2D eigenvalue weighted by Gasteiger charge is 2.39. The molecule has 7 nitrogen and oxygen atoms in total. The number of aryl methyl sites for hydroxylation is 1. The summed E-state index contributed by atoms with van der Waals surface area (Å²) in [6.07, 6.45) is 8.20. The van der Waals surface area contributed by atoms with Crippen molar-refractivity contribution in [2.45, 2.75) is 13.3 Å². The van der Waals surface area contributed by atoms with E-state index in [1.807, 2.05) is 37.6 Å². The summed E-state index contributed by atoms with van der Waals surface area (Å²) in [5.41, 5.74) is 9.69. The number of anilines is 2. The molecule has 0 aliphatic heterocycles. The first kappa shape index (κ1) is 16.7. The maximum Gasteiger partial charge on any atom is 0.228 e. The van der Waals surface area contributed by atoms with Gasteiger partial charge in [-0.05, 0) is 41.5 Å². The minimum Gasteiger partial charge on any atom is -0.398 e. The third-order valence-corrected chi connectivity index (χ3v) is 5.43. The number of hydrogen-bond donors (Lipinski definition) is 2. The fraction of sp³-hybridized carbons (Fsp3) is 0.238. The number of hydrogen-bond acceptors (Lipinski definition) is 5. The maximum atomic E-state index is 12.2. The molecular formula is C21H20N6O. The van der Waals surface area contributed by atoms with Crippen LogP contribution in [-0.4, -0.2) is 25.7 Å². The number of benzene rings is 1. The van der Waals surface area contributed by atoms with Crippen LogP contribution in [-0.2, 0) is 11.8 Å². The lowest BCUT2D eigenvalue weighted by Crippen LogP contribution is -2.15. The van der Waals surface area contributed by atoms with Crippen LogP contribution in [0.3, 0.4) is 0 Å². The molecule has 3 aromatic heterocycles. The zero-order valence-electron chi connectivity index (χ0n) is 15.7. The molecule has 1 saturated carbocycles. The van der Waals surface area contributed by atoms with Gasteiger partial charge in [-0.3, -0.25) is 14.5 Å². The van der Waals surface area contributed by atoms with Crippen LogP contribution in [0.2, 0.25) is 0 Å². The molecule has 1 aliphatic carbocycles. The van der Waals surface area contributed by atoms with Crippen molar-refractivity contribution in [2.75, 3.05) is 11.1 Å². The molecule has 28 heavy (non-hydrogen) atoms. The second kappa shape index (κ2) is 6.02. The van der Waals surface area contributed by atoms with Gasteiger partial charge in [0, 0.05) is 53.6 Å². The second-order valence-corrected chi connectivity index (χ2v) is 7.59. The lowest BCUT2D eigenvalue weighted by atomic mass is 10.00. The Balaban J connectivity index is 1.59. The Morgan fingerprint density at radius 2 is 2.04 bits per heavy atom. The fourth-order valence-electron chi connectivity index (χ4n) is 3.71. The Morgan fingerprint density at radius 3 is 2.82 bits per heavy atom. The van der Waals surface area contributed by atoms with Crippen LogP contribution in [0.4, 0.5) is 11.5 Å². The standard InChI is InChI=1S/C21H20N6O/c1-11-3-14(11)21(28)25-20-6-13-4-12(5-18(22)16(13)8-24-20)15-7-23-9-19-17(15)10-27(2)26-19/h4-11,14H,3,22H2,1-2H3,(H,24,25,28)/t11-,14-/m1/s1. The smallest absolute Gasteiger partial charge is 0.228 e. The van der Waals surface area contributed by atoms with Crippen molar-refractivity contribution < 1.29 is 4.79 Å². The Labute approximate surface area is 161 Å². The number of nitrogens with one attached hydrogen (secondary N) is 1. The van der Waals surface area contributed by atoms with Crippen molar-refractivity contribution in [1.82, 2.24) is 19.7 Å². The van der Waals surface area contributed by atoms with Gasteiger partial charge in [0.1, 0.15) is 11.3 Å². The lowest BCUT2D eigenvalue weighted by Gasteiger charge is -2.10. The van der Waals surface area contributed by atoms with Crippen LogP contribution in [0.15, 0.2) is 43.0 Å². The third-order valence-electron chi connectivity index (χ3n) is 5.43. The van der Waals surface area contributed by atoms with Crippen LogP contribution >= 0.6 is 0 Å². The Bertz CT molecular complexity index is 1240. The van der Waals surface area contributed by atoms with Crippen molar-refractivity contribution in [1.29, 1.82) is 0 Å². The monoisotopic (exact) mass is 372 g/mol. The molecule has 3 heterocycles. The molecule has 1 aromatic carbocycles. The number of aromatic nitrogens is 4. The topological polar surface area (TPSA) is 98.7 Å². The molecule has 5 rings (SSSR count). The molecular weight excluding hydrogens is 352 g/mol. The zero-order chi connectivity index (χ0) is 19.4. The molecule has 0 radical (unpaired) electrons. The predicted molar refractivity (Wildman–Crippen MR) is 110 cm³/mol. The summed E-state index contributed by atoms with van der Waals surface area (Å²) in [6.45, 7) is 2.08. The summed E-state index contributed by atoms with van der Waals surface area (Å²) in [5.74, 6) is 1.14. The van der Waals surface area contributed by atoms with E-state index in [2.05, 4.69) is 27.3 Å². The third kappa shape index (κ3) is 2.76. The van der Waals surface area contributed by atoms with E-state index in [-0.39, 0.29) is 11.8 Å². The van der Waals surface area contributed by atoms with Gasteiger partial charge in [-0.25, -0.2) is 4.98 Å². The van der Waals surface area contributed by atoms with Gasteiger partial charge in [0.15, 0.2) is 0 Å². The molecule has 1 fully saturated rings. The predicted octanol–water partition coefficient (Wildman–Crippen LogP) is 3.36. The first-order valence-corrected chi connectivity index (χ1v) is 9.27. The highest BCUT2D eigenvalue weighted by molar-refractivity contribution is 6.02. The second-order valence-electron chi connectivity index (χ2n) is 7.59. The summed E-state index contributed by atoms with van der Waals surface area (Å²) in [6, 6.07) is 5.85. The Hall–Kier alpha value is -3.48. The molecule has 0 unspecified atom stereocenters. The molecule has 140 valence electrons. The van der Waals surface area contributed by atoms with Gasteiger partial charge in [0.25, 0.3) is 0 Å². The first-order chi connectivity index (χ1) is 13.5. The number of carbonyl (C=O) groups is 1. The van der Waals surface area contributed by atoms with E-state index in [0.717, 1.165) is 39.2 Å². The largest absolute Gasteiger partial charge is 0.398 e. The molecule has 2 atom stereocenters. The van der Waals surface area contributed by atoms with Crippen molar-refractivity contribution >= 4 is 39.1 Å². The number of fused-ring (bicyclic) bond motifs is 2. The molecule has 0 spiro atoms. The highest BCUT2D eigenvalue weighted by atomic mass is 16.2. The molecule has 0 bridgehead atoms. The van der Waals surface area contributed by atoms with Crippen molar-refractivity contribution in [2.24, 2.45) is 18.9 Å². The van der Waals surface area contributed by atoms with Crippen LogP contribution in [0.25, 0.3) is 32.8 Å². The number of rotatable bonds is 3. The number of nitrogens with zero attached hydrogens (tertiary/aromatic N) is 4. The summed E-state index contributed by atoms with van der Waals surface area (Å²) in [4.78, 5) is 20.9. The summed E-state index contributed by atoms with van der Waals surface area (Å²) in [7, 11) is 1.89. The summed E-state index contributed by atoms with van der Waals surface area (Å²) >= 11 is 0. The van der Waals surface area contributed by atoms with Gasteiger partial charge < -0.3 is 11.1 Å². The maximum absolute atomic E-state index is 12.2. The van der Waals surface area contributed by atoms with Crippen LogP contribution in [0, 0.1) is 11.8 Å². The average Bonchev–Trinajstić information content (AvgIpc) is 3.27. The van der Waals surface area contributed by atoms with Gasteiger partial charge in [-0.1, -0.05) is 6.92 Å². The van der Waals surface area contributed by atoms with Gasteiger partial charge in [-0.15, -0.1) is 0 Å². The van der Waals surface area contributed by atoms with E-state index in [1.54, 1.807) is 17.1 Å². The SMILES string of the molecule is C[C@@H]1C[C@H]1C(=O)Nc1cc2cc(-c3cncc4nn(C)cc34)cc(N)c2cn1. The molecule has 1 amide bonds. The first-order valence-electron chi connectivity index (χ1n) is 9.27. The molecule has 4 aromatic rings. The van der Waals surface area contributed by atoms with E-state index in [0.29, 0.717) is 17.4 Å². The zero-order valence-corrected chi connectivity index (χ0v) is 15.7. The fourth-order valence-corrected chi connectivity index (χ4v) is 3.71. The number of nitrogen functional groups attached to an aromatic ring is 1. The highest BCUT2D eigenvalue weighted by Crippen LogP contribution is 2.38. The van der Waals surface area contributed by atoms with Crippen molar-refractivity contribution in [3.8, 4) is 11.1 Å². The van der Waals surface area contributed by atoms with E-state index < -0.39 is 0 Å². The number of nitrogens with two attached hydrogens (primary N) is 1. The number of amides is 1. The molecule has 0 saturated heterocycles. The van der Waals surface area contributed by atoms with E-state index in [4.69, 9.17) is 5.73 Å². The van der Waals surface area contributed by atoms with Crippen LogP contribution in [0.1, 0.15) is 13.3 Å². The van der Waals surface area contributed by atoms with E-state index in [1.165, 1.54) is 0 Å². The van der Waals surface area contributed by atoms with Gasteiger partial charge in [0.05, 0.1) is 6.20 Å². The molecule has 3 N–H and O–H groups in total. The molecule has 1 aliphatic rings. The number of pyridine rings is 2. The van der Waals surface area contributed by atoms with Gasteiger partial charge in [0.2, 0.25) is 5.91 Å². The summed E-state index contributed by atoms with van der Waals surface area (Å²) < 4.78 is 1.77. The minimum atomic E-state index is 0.0350. The quantitative estimate of drug-likeness (QED) is 0.537. The summed E-state index contributed by atoms with van der Waals surface area (Å²) in [5, 5.41) is 10.1. The van der Waals surface area contributed by atoms with Crippen molar-refractivity contribution in [3.63, 3.8) is 0 Å². The minimum absolute atomic E-state index is 0.0350. The van der Waals surface area contributed by atoms with Gasteiger partial charge in [-0.2, -0.15) is 5.10 Å². The number of carbonyl (C=O) groups excluding carboxylic acids is 1. The van der Waals surface area contributed by atoms with E-state index in [9.17, 15) is 4.79 Å².